The first-order valence-corrected chi connectivity index (χ1v) is 6.32. The molecule has 3 rings (SSSR count). The summed E-state index contributed by atoms with van der Waals surface area (Å²) in [7, 11) is 0. The molecule has 0 aliphatic heterocycles. The number of fused-ring (bicyclic) bond motifs is 3. The van der Waals surface area contributed by atoms with Gasteiger partial charge in [0.15, 0.2) is 0 Å². The predicted molar refractivity (Wildman–Crippen MR) is 78.1 cm³/mol. The van der Waals surface area contributed by atoms with E-state index in [0.717, 1.165) is 17.9 Å². The number of aryl methyl sites for hydroxylation is 1. The number of nitrogens with one attached hydrogen (secondary N) is 1. The predicted octanol–water partition coefficient (Wildman–Crippen LogP) is 4.13. The minimum atomic E-state index is 0.893. The van der Waals surface area contributed by atoms with Gasteiger partial charge in [-0.3, -0.25) is 0 Å². The van der Waals surface area contributed by atoms with Crippen LogP contribution in [0, 0.1) is 6.92 Å². The molecule has 0 atom stereocenters. The number of hydrogen-bond donors (Lipinski definition) is 1. The minimum absolute atomic E-state index is 0.893. The monoisotopic (exact) mass is 236 g/mol. The van der Waals surface area contributed by atoms with Crippen molar-refractivity contribution in [3.05, 3.63) is 48.0 Å². The van der Waals surface area contributed by atoms with Crippen LogP contribution >= 0.6 is 0 Å². The second-order valence-corrected chi connectivity index (χ2v) is 4.54. The average Bonchev–Trinajstić information content (AvgIpc) is 2.40. The molecule has 0 saturated heterocycles. The fourth-order valence-electron chi connectivity index (χ4n) is 2.36. The molecule has 90 valence electrons. The Kier molecular flexibility index (Phi) is 2.63. The number of rotatable bonds is 2. The maximum absolute atomic E-state index is 4.78. The summed E-state index contributed by atoms with van der Waals surface area (Å²) in [5, 5.41) is 6.98. The quantitative estimate of drug-likeness (QED) is 0.677. The molecule has 2 nitrogen and oxygen atoms in total. The maximum Gasteiger partial charge on any atom is 0.129 e. The molecule has 1 heterocycles. The lowest BCUT2D eigenvalue weighted by Crippen LogP contribution is -2.01. The van der Waals surface area contributed by atoms with Crippen LogP contribution in [0.4, 0.5) is 5.82 Å². The van der Waals surface area contributed by atoms with Gasteiger partial charge in [-0.2, -0.15) is 0 Å². The highest BCUT2D eigenvalue weighted by atomic mass is 15.0. The molecule has 2 aromatic carbocycles. The molecule has 0 unspecified atom stereocenters. The van der Waals surface area contributed by atoms with Crippen molar-refractivity contribution in [3.63, 3.8) is 0 Å². The molecule has 0 radical (unpaired) electrons. The lowest BCUT2D eigenvalue weighted by Gasteiger charge is -2.10. The molecule has 1 N–H and O–H groups in total. The molecule has 0 aliphatic carbocycles. The summed E-state index contributed by atoms with van der Waals surface area (Å²) in [4.78, 5) is 4.78. The highest BCUT2D eigenvalue weighted by Crippen LogP contribution is 2.26. The Hall–Kier alpha value is -2.09. The van der Waals surface area contributed by atoms with Gasteiger partial charge in [0.1, 0.15) is 5.82 Å². The van der Waals surface area contributed by atoms with Crippen molar-refractivity contribution in [1.82, 2.24) is 4.98 Å². The third-order valence-electron chi connectivity index (χ3n) is 3.25. The first-order valence-electron chi connectivity index (χ1n) is 6.32. The number of pyridine rings is 1. The molecular weight excluding hydrogens is 220 g/mol. The Labute approximate surface area is 107 Å². The van der Waals surface area contributed by atoms with Gasteiger partial charge in [-0.05, 0) is 30.9 Å². The Morgan fingerprint density at radius 3 is 2.67 bits per heavy atom. The SMILES string of the molecule is CCNc1nc2c(ccc3ccccc32)cc1C. The number of anilines is 1. The Morgan fingerprint density at radius 1 is 1.06 bits per heavy atom. The van der Waals surface area contributed by atoms with Crippen LogP contribution in [0.1, 0.15) is 12.5 Å². The van der Waals surface area contributed by atoms with E-state index in [9.17, 15) is 0 Å². The van der Waals surface area contributed by atoms with Gasteiger partial charge in [0.2, 0.25) is 0 Å². The number of benzene rings is 2. The van der Waals surface area contributed by atoms with Crippen molar-refractivity contribution in [1.29, 1.82) is 0 Å². The lowest BCUT2D eigenvalue weighted by atomic mass is 10.0. The molecule has 0 aliphatic rings. The molecule has 0 spiro atoms. The van der Waals surface area contributed by atoms with Gasteiger partial charge in [0.25, 0.3) is 0 Å². The molecule has 2 heteroatoms. The number of nitrogens with zero attached hydrogens (tertiary/aromatic N) is 1. The smallest absolute Gasteiger partial charge is 0.129 e. The average molecular weight is 236 g/mol. The zero-order valence-electron chi connectivity index (χ0n) is 10.7. The zero-order chi connectivity index (χ0) is 12.5. The van der Waals surface area contributed by atoms with E-state index < -0.39 is 0 Å². The van der Waals surface area contributed by atoms with E-state index in [4.69, 9.17) is 4.98 Å². The van der Waals surface area contributed by atoms with Crippen molar-refractivity contribution in [2.45, 2.75) is 13.8 Å². The van der Waals surface area contributed by atoms with E-state index in [0.29, 0.717) is 0 Å². The van der Waals surface area contributed by atoms with Gasteiger partial charge >= 0.3 is 0 Å². The Bertz CT molecular complexity index is 717. The topological polar surface area (TPSA) is 24.9 Å². The highest BCUT2D eigenvalue weighted by molar-refractivity contribution is 6.05. The summed E-state index contributed by atoms with van der Waals surface area (Å²) in [6.07, 6.45) is 0. The van der Waals surface area contributed by atoms with Crippen LogP contribution in [0.15, 0.2) is 42.5 Å². The first-order chi connectivity index (χ1) is 8.79. The summed E-state index contributed by atoms with van der Waals surface area (Å²) in [5.74, 6) is 0.987. The third-order valence-corrected chi connectivity index (χ3v) is 3.25. The van der Waals surface area contributed by atoms with E-state index in [1.165, 1.54) is 21.7 Å². The second kappa shape index (κ2) is 4.30. The van der Waals surface area contributed by atoms with Gasteiger partial charge in [-0.15, -0.1) is 0 Å². The van der Waals surface area contributed by atoms with Crippen LogP contribution in [0.3, 0.4) is 0 Å². The summed E-state index contributed by atoms with van der Waals surface area (Å²) in [6.45, 7) is 5.08. The minimum Gasteiger partial charge on any atom is -0.370 e. The van der Waals surface area contributed by atoms with Crippen molar-refractivity contribution < 1.29 is 0 Å². The molecule has 18 heavy (non-hydrogen) atoms. The summed E-state index contributed by atoms with van der Waals surface area (Å²) in [6, 6.07) is 14.9. The molecular formula is C16H16N2. The fraction of sp³-hybridized carbons (Fsp3) is 0.188. The van der Waals surface area contributed by atoms with Crippen molar-refractivity contribution in [2.75, 3.05) is 11.9 Å². The van der Waals surface area contributed by atoms with E-state index in [-0.39, 0.29) is 0 Å². The van der Waals surface area contributed by atoms with E-state index in [2.05, 4.69) is 61.6 Å². The van der Waals surface area contributed by atoms with E-state index in [1.54, 1.807) is 0 Å². The summed E-state index contributed by atoms with van der Waals surface area (Å²) >= 11 is 0. The molecule has 0 bridgehead atoms. The van der Waals surface area contributed by atoms with E-state index >= 15 is 0 Å². The van der Waals surface area contributed by atoms with Gasteiger partial charge in [-0.25, -0.2) is 4.98 Å². The van der Waals surface area contributed by atoms with Gasteiger partial charge < -0.3 is 5.32 Å². The number of hydrogen-bond acceptors (Lipinski definition) is 2. The fourth-order valence-corrected chi connectivity index (χ4v) is 2.36. The van der Waals surface area contributed by atoms with Crippen molar-refractivity contribution >= 4 is 27.5 Å². The second-order valence-electron chi connectivity index (χ2n) is 4.54. The molecule has 3 aromatic rings. The van der Waals surface area contributed by atoms with Crippen molar-refractivity contribution in [3.8, 4) is 0 Å². The Balaban J connectivity index is 2.37. The zero-order valence-corrected chi connectivity index (χ0v) is 10.7. The molecule has 0 saturated carbocycles. The molecule has 0 fully saturated rings. The van der Waals surface area contributed by atoms with Crippen LogP contribution in [0.25, 0.3) is 21.7 Å². The van der Waals surface area contributed by atoms with E-state index in [1.807, 2.05) is 0 Å². The van der Waals surface area contributed by atoms with Crippen molar-refractivity contribution in [2.24, 2.45) is 0 Å². The van der Waals surface area contributed by atoms with Crippen LogP contribution in [-0.2, 0) is 0 Å². The molecule has 0 amide bonds. The van der Waals surface area contributed by atoms with Gasteiger partial charge in [-0.1, -0.05) is 36.4 Å². The first kappa shape index (κ1) is 11.0. The molecule has 1 aromatic heterocycles. The normalized spacial score (nSPS) is 11.0. The highest BCUT2D eigenvalue weighted by Gasteiger charge is 2.05. The lowest BCUT2D eigenvalue weighted by molar-refractivity contribution is 1.16. The maximum atomic E-state index is 4.78. The Morgan fingerprint density at radius 2 is 1.83 bits per heavy atom. The summed E-state index contributed by atoms with van der Waals surface area (Å²) < 4.78 is 0. The number of aromatic nitrogens is 1. The van der Waals surface area contributed by atoms with Crippen LogP contribution < -0.4 is 5.32 Å². The van der Waals surface area contributed by atoms with Gasteiger partial charge in [0, 0.05) is 17.3 Å². The standard InChI is InChI=1S/C16H16N2/c1-3-17-16-11(2)10-13-9-8-12-6-4-5-7-14(12)15(13)18-16/h4-10H,3H2,1-2H3,(H,17,18). The van der Waals surface area contributed by atoms with Gasteiger partial charge in [0.05, 0.1) is 5.52 Å². The largest absolute Gasteiger partial charge is 0.370 e. The van der Waals surface area contributed by atoms with Crippen LogP contribution in [-0.4, -0.2) is 11.5 Å². The third kappa shape index (κ3) is 1.70. The summed E-state index contributed by atoms with van der Waals surface area (Å²) in [5.41, 5.74) is 2.27. The van der Waals surface area contributed by atoms with Crippen LogP contribution in [0.2, 0.25) is 0 Å². The van der Waals surface area contributed by atoms with Crippen LogP contribution in [0.5, 0.6) is 0 Å².